The van der Waals surface area contributed by atoms with Gasteiger partial charge in [0.25, 0.3) is 5.91 Å². The predicted molar refractivity (Wildman–Crippen MR) is 92.7 cm³/mol. The van der Waals surface area contributed by atoms with Crippen molar-refractivity contribution in [2.45, 2.75) is 19.0 Å². The molecule has 0 aliphatic carbocycles. The van der Waals surface area contributed by atoms with E-state index in [-0.39, 0.29) is 23.5 Å². The Kier molecular flexibility index (Phi) is 4.75. The Hall–Kier alpha value is -1.37. The highest BCUT2D eigenvalue weighted by molar-refractivity contribution is 7.91. The fraction of sp³-hybridized carbons (Fsp3) is 0.312. The predicted octanol–water partition coefficient (Wildman–Crippen LogP) is 3.23. The standard InChI is InChI=1S/C16H16ClNO3S2/c17-13-4-1-3-12(9-13)10-18(14-6-8-23(20,21)11-14)16(19)15-5-2-7-22-15/h1-5,7,9,14H,6,8,10-11H2/t14-/m1/s1. The van der Waals surface area contributed by atoms with Crippen molar-refractivity contribution in [2.24, 2.45) is 0 Å². The molecular weight excluding hydrogens is 354 g/mol. The first-order chi connectivity index (χ1) is 10.9. The van der Waals surface area contributed by atoms with Crippen molar-refractivity contribution in [3.8, 4) is 0 Å². The molecule has 122 valence electrons. The second kappa shape index (κ2) is 6.63. The molecule has 0 saturated carbocycles. The number of carbonyl (C=O) groups excluding carboxylic acids is 1. The van der Waals surface area contributed by atoms with Crippen molar-refractivity contribution >= 4 is 38.7 Å². The van der Waals surface area contributed by atoms with E-state index < -0.39 is 9.84 Å². The smallest absolute Gasteiger partial charge is 0.264 e. The molecule has 0 unspecified atom stereocenters. The third-order valence-electron chi connectivity index (χ3n) is 3.88. The van der Waals surface area contributed by atoms with E-state index in [4.69, 9.17) is 11.6 Å². The van der Waals surface area contributed by atoms with Crippen LogP contribution in [0.2, 0.25) is 5.02 Å². The van der Waals surface area contributed by atoms with Gasteiger partial charge in [-0.3, -0.25) is 4.79 Å². The monoisotopic (exact) mass is 369 g/mol. The molecule has 4 nitrogen and oxygen atoms in total. The van der Waals surface area contributed by atoms with Crippen LogP contribution in [0.25, 0.3) is 0 Å². The first kappa shape index (κ1) is 16.5. The molecule has 1 atom stereocenters. The van der Waals surface area contributed by atoms with Crippen LogP contribution in [-0.2, 0) is 16.4 Å². The fourth-order valence-corrected chi connectivity index (χ4v) is 5.38. The third-order valence-corrected chi connectivity index (χ3v) is 6.73. The van der Waals surface area contributed by atoms with Crippen molar-refractivity contribution < 1.29 is 13.2 Å². The average Bonchev–Trinajstić information content (AvgIpc) is 3.13. The normalized spacial score (nSPS) is 19.6. The average molecular weight is 370 g/mol. The van der Waals surface area contributed by atoms with Gasteiger partial charge in [0, 0.05) is 17.6 Å². The summed E-state index contributed by atoms with van der Waals surface area (Å²) in [6.45, 7) is 0.359. The first-order valence-electron chi connectivity index (χ1n) is 7.24. The van der Waals surface area contributed by atoms with Gasteiger partial charge in [0.15, 0.2) is 9.84 Å². The second-order valence-electron chi connectivity index (χ2n) is 5.60. The number of rotatable bonds is 4. The minimum Gasteiger partial charge on any atom is -0.330 e. The van der Waals surface area contributed by atoms with Crippen LogP contribution in [0.1, 0.15) is 21.7 Å². The molecule has 2 aromatic rings. The van der Waals surface area contributed by atoms with Crippen LogP contribution in [0.5, 0.6) is 0 Å². The van der Waals surface area contributed by atoms with E-state index in [2.05, 4.69) is 0 Å². The molecule has 1 aliphatic heterocycles. The van der Waals surface area contributed by atoms with Crippen molar-refractivity contribution in [1.29, 1.82) is 0 Å². The molecule has 1 aliphatic rings. The highest BCUT2D eigenvalue weighted by Crippen LogP contribution is 2.24. The second-order valence-corrected chi connectivity index (χ2v) is 9.21. The van der Waals surface area contributed by atoms with Gasteiger partial charge in [0.1, 0.15) is 0 Å². The quantitative estimate of drug-likeness (QED) is 0.831. The van der Waals surface area contributed by atoms with Gasteiger partial charge in [-0.25, -0.2) is 8.42 Å². The molecule has 23 heavy (non-hydrogen) atoms. The van der Waals surface area contributed by atoms with Crippen LogP contribution < -0.4 is 0 Å². The Balaban J connectivity index is 1.88. The summed E-state index contributed by atoms with van der Waals surface area (Å²) >= 11 is 7.38. The molecule has 3 rings (SSSR count). The van der Waals surface area contributed by atoms with Crippen LogP contribution in [0.15, 0.2) is 41.8 Å². The number of amides is 1. The molecular formula is C16H16ClNO3S2. The van der Waals surface area contributed by atoms with Crippen LogP contribution in [0.4, 0.5) is 0 Å². The first-order valence-corrected chi connectivity index (χ1v) is 10.3. The Bertz CT molecular complexity index is 802. The molecule has 7 heteroatoms. The maximum absolute atomic E-state index is 12.8. The van der Waals surface area contributed by atoms with Crippen LogP contribution in [-0.4, -0.2) is 36.8 Å². The van der Waals surface area contributed by atoms with Crippen LogP contribution >= 0.6 is 22.9 Å². The van der Waals surface area contributed by atoms with Gasteiger partial charge in [0.2, 0.25) is 0 Å². The van der Waals surface area contributed by atoms with Crippen molar-refractivity contribution in [3.63, 3.8) is 0 Å². The molecule has 1 aromatic carbocycles. The largest absolute Gasteiger partial charge is 0.330 e. The van der Waals surface area contributed by atoms with Crippen LogP contribution in [0, 0.1) is 0 Å². The molecule has 1 saturated heterocycles. The number of hydrogen-bond acceptors (Lipinski definition) is 4. The Morgan fingerprint density at radius 2 is 2.13 bits per heavy atom. The fourth-order valence-electron chi connectivity index (χ4n) is 2.76. The molecule has 1 amide bonds. The minimum absolute atomic E-state index is 0.0324. The Labute approximate surface area is 144 Å². The zero-order valence-electron chi connectivity index (χ0n) is 12.3. The molecule has 0 radical (unpaired) electrons. The van der Waals surface area contributed by atoms with Gasteiger partial charge < -0.3 is 4.90 Å². The highest BCUT2D eigenvalue weighted by atomic mass is 35.5. The maximum Gasteiger partial charge on any atom is 0.264 e. The summed E-state index contributed by atoms with van der Waals surface area (Å²) < 4.78 is 23.6. The number of nitrogens with zero attached hydrogens (tertiary/aromatic N) is 1. The van der Waals surface area contributed by atoms with Crippen LogP contribution in [0.3, 0.4) is 0 Å². The van der Waals surface area contributed by atoms with E-state index in [9.17, 15) is 13.2 Å². The molecule has 1 fully saturated rings. The lowest BCUT2D eigenvalue weighted by atomic mass is 10.1. The minimum atomic E-state index is -3.06. The van der Waals surface area contributed by atoms with E-state index in [0.717, 1.165) is 5.56 Å². The SMILES string of the molecule is O=C(c1cccs1)N(Cc1cccc(Cl)c1)[C@@H]1CCS(=O)(=O)C1. The number of thiophene rings is 1. The summed E-state index contributed by atoms with van der Waals surface area (Å²) in [5, 5.41) is 2.45. The van der Waals surface area contributed by atoms with Gasteiger partial charge in [-0.15, -0.1) is 11.3 Å². The van der Waals surface area contributed by atoms with Gasteiger partial charge >= 0.3 is 0 Å². The van der Waals surface area contributed by atoms with Crippen molar-refractivity contribution in [1.82, 2.24) is 4.90 Å². The highest BCUT2D eigenvalue weighted by Gasteiger charge is 2.35. The topological polar surface area (TPSA) is 54.5 Å². The van der Waals surface area contributed by atoms with E-state index in [0.29, 0.717) is 22.9 Å². The van der Waals surface area contributed by atoms with Gasteiger partial charge in [-0.1, -0.05) is 29.8 Å². The van der Waals surface area contributed by atoms with E-state index in [1.165, 1.54) is 11.3 Å². The zero-order chi connectivity index (χ0) is 16.4. The van der Waals surface area contributed by atoms with E-state index in [1.807, 2.05) is 23.6 Å². The summed E-state index contributed by atoms with van der Waals surface area (Å²) in [6, 6.07) is 10.6. The molecule has 0 bridgehead atoms. The van der Waals surface area contributed by atoms with Crippen molar-refractivity contribution in [2.75, 3.05) is 11.5 Å². The summed E-state index contributed by atoms with van der Waals surface area (Å²) in [6.07, 6.45) is 0.486. The summed E-state index contributed by atoms with van der Waals surface area (Å²) in [5.41, 5.74) is 0.895. The van der Waals surface area contributed by atoms with Gasteiger partial charge in [-0.2, -0.15) is 0 Å². The van der Waals surface area contributed by atoms with Gasteiger partial charge in [0.05, 0.1) is 16.4 Å². The van der Waals surface area contributed by atoms with Gasteiger partial charge in [-0.05, 0) is 35.6 Å². The summed E-state index contributed by atoms with van der Waals surface area (Å²) in [5.74, 6) is 0.0497. The third kappa shape index (κ3) is 3.94. The molecule has 1 aromatic heterocycles. The summed E-state index contributed by atoms with van der Waals surface area (Å²) in [7, 11) is -3.06. The Morgan fingerprint density at radius 3 is 2.74 bits per heavy atom. The number of halogens is 1. The number of sulfone groups is 1. The lowest BCUT2D eigenvalue weighted by Crippen LogP contribution is -2.40. The number of benzene rings is 1. The van der Waals surface area contributed by atoms with E-state index >= 15 is 0 Å². The lowest BCUT2D eigenvalue weighted by molar-refractivity contribution is 0.0686. The summed E-state index contributed by atoms with van der Waals surface area (Å²) in [4.78, 5) is 15.1. The number of carbonyl (C=O) groups is 1. The zero-order valence-corrected chi connectivity index (χ0v) is 14.7. The van der Waals surface area contributed by atoms with Crippen molar-refractivity contribution in [3.05, 3.63) is 57.2 Å². The number of hydrogen-bond donors (Lipinski definition) is 0. The van der Waals surface area contributed by atoms with E-state index in [1.54, 1.807) is 23.1 Å². The molecule has 0 N–H and O–H groups in total. The lowest BCUT2D eigenvalue weighted by Gasteiger charge is -2.28. The molecule has 0 spiro atoms. The Morgan fingerprint density at radius 1 is 1.30 bits per heavy atom. The molecule has 2 heterocycles. The maximum atomic E-state index is 12.8.